The molecule has 0 bridgehead atoms. The lowest BCUT2D eigenvalue weighted by molar-refractivity contribution is -0.156. The first-order chi connectivity index (χ1) is 13.1. The number of nitrogens with zero attached hydrogens (tertiary/aromatic N) is 4. The second-order valence-electron chi connectivity index (χ2n) is 6.19. The van der Waals surface area contributed by atoms with Crippen LogP contribution in [0.5, 0.6) is 0 Å². The van der Waals surface area contributed by atoms with Crippen molar-refractivity contribution in [3.8, 4) is 0 Å². The molecule has 10 nitrogen and oxygen atoms in total. The summed E-state index contributed by atoms with van der Waals surface area (Å²) in [5, 5.41) is -0.883. The van der Waals surface area contributed by atoms with Gasteiger partial charge in [-0.2, -0.15) is 0 Å². The van der Waals surface area contributed by atoms with Gasteiger partial charge in [-0.1, -0.05) is 0 Å². The summed E-state index contributed by atoms with van der Waals surface area (Å²) in [5.41, 5.74) is -0.192. The van der Waals surface area contributed by atoms with E-state index in [0.29, 0.717) is 0 Å². The number of esters is 2. The minimum Gasteiger partial charge on any atom is -0.463 e. The van der Waals surface area contributed by atoms with E-state index in [2.05, 4.69) is 9.98 Å². The van der Waals surface area contributed by atoms with Crippen molar-refractivity contribution in [2.75, 3.05) is 20.7 Å². The van der Waals surface area contributed by atoms with Gasteiger partial charge >= 0.3 is 11.9 Å². The third kappa shape index (κ3) is 5.04. The first-order valence-electron chi connectivity index (χ1n) is 8.19. The van der Waals surface area contributed by atoms with Crippen LogP contribution < -0.4 is 0 Å². The Labute approximate surface area is 165 Å². The van der Waals surface area contributed by atoms with Crippen LogP contribution in [0.25, 0.3) is 0 Å². The van der Waals surface area contributed by atoms with Gasteiger partial charge in [-0.15, -0.1) is 0 Å². The molecule has 0 unspecified atom stereocenters. The molecule has 1 aliphatic heterocycles. The third-order valence-electron chi connectivity index (χ3n) is 3.66. The summed E-state index contributed by atoms with van der Waals surface area (Å²) in [5.74, 6) is -1.35. The van der Waals surface area contributed by atoms with Crippen LogP contribution in [-0.2, 0) is 23.8 Å². The number of hydrogen-bond donors (Lipinski definition) is 0. The van der Waals surface area contributed by atoms with E-state index in [1.165, 1.54) is 17.8 Å². The van der Waals surface area contributed by atoms with Gasteiger partial charge in [0.15, 0.2) is 30.0 Å². The first-order valence-corrected chi connectivity index (χ1v) is 8.57. The van der Waals surface area contributed by atoms with Gasteiger partial charge in [0, 0.05) is 27.9 Å². The first kappa shape index (κ1) is 21.8. The average Bonchev–Trinajstić information content (AvgIpc) is 3.13. The van der Waals surface area contributed by atoms with Crippen LogP contribution in [0, 0.1) is 0 Å². The van der Waals surface area contributed by atoms with Gasteiger partial charge in [-0.3, -0.25) is 19.0 Å². The van der Waals surface area contributed by atoms with Gasteiger partial charge in [-0.25, -0.2) is 14.4 Å². The number of aromatic nitrogens is 2. The van der Waals surface area contributed by atoms with Gasteiger partial charge in [0.25, 0.3) is 5.24 Å². The number of aliphatic imine (C=N–C) groups is 1. The van der Waals surface area contributed by atoms with Crippen LogP contribution in [-0.4, -0.2) is 77.1 Å². The van der Waals surface area contributed by atoms with Gasteiger partial charge in [0.1, 0.15) is 12.7 Å². The number of halogens is 2. The molecule has 12 heteroatoms. The number of carbonyl (C=O) groups excluding carboxylic acids is 3. The van der Waals surface area contributed by atoms with E-state index in [1.807, 2.05) is 0 Å². The molecule has 1 aliphatic rings. The molecule has 1 saturated heterocycles. The van der Waals surface area contributed by atoms with Crippen LogP contribution in [0.3, 0.4) is 0 Å². The fraction of sp³-hybridized carbons (Fsp3) is 0.562. The minimum atomic E-state index is -1.84. The van der Waals surface area contributed by atoms with Gasteiger partial charge in [0.2, 0.25) is 0 Å². The zero-order chi connectivity index (χ0) is 21.0. The Morgan fingerprint density at radius 2 is 2.07 bits per heavy atom. The Kier molecular flexibility index (Phi) is 7.08. The standard InChI is InChI=1S/C16H20ClFN4O6/c1-8(23)26-5-10-13(27-9(2)24)11(18)16(28-10)22-7-19-12(14(17)25)15(22)20-6-21(3)4/h6-7,10-11,13,16H,5H2,1-4H3/b20-6+/t10-,11+,13-,16-/m1/s1. The van der Waals surface area contributed by atoms with Crippen molar-refractivity contribution in [1.82, 2.24) is 14.5 Å². The van der Waals surface area contributed by atoms with Crippen LogP contribution in [0.2, 0.25) is 0 Å². The fourth-order valence-corrected chi connectivity index (χ4v) is 2.69. The maximum absolute atomic E-state index is 15.1. The number of ether oxygens (including phenoxy) is 3. The van der Waals surface area contributed by atoms with Crippen LogP contribution in [0.15, 0.2) is 11.3 Å². The number of alkyl halides is 1. The Hall–Kier alpha value is -2.53. The Bertz CT molecular complexity index is 783. The molecule has 1 aromatic heterocycles. The molecular formula is C16H20ClFN4O6. The molecule has 0 radical (unpaired) electrons. The van der Waals surface area contributed by atoms with Crippen LogP contribution >= 0.6 is 11.6 Å². The lowest BCUT2D eigenvalue weighted by atomic mass is 10.1. The van der Waals surface area contributed by atoms with Crippen LogP contribution in [0.4, 0.5) is 10.2 Å². The SMILES string of the molecule is CC(=O)OC[C@H]1O[C@@H](n2cnc(C(=O)Cl)c2/N=C/N(C)C)[C@@H](F)[C@@H]1OC(C)=O. The van der Waals surface area contributed by atoms with Crippen molar-refractivity contribution in [1.29, 1.82) is 0 Å². The molecule has 28 heavy (non-hydrogen) atoms. The molecule has 0 aromatic carbocycles. The highest BCUT2D eigenvalue weighted by Gasteiger charge is 2.49. The van der Waals surface area contributed by atoms with Crippen molar-refractivity contribution in [2.24, 2.45) is 4.99 Å². The van der Waals surface area contributed by atoms with E-state index >= 15 is 4.39 Å². The molecule has 0 spiro atoms. The molecule has 1 fully saturated rings. The van der Waals surface area contributed by atoms with Crippen molar-refractivity contribution in [2.45, 2.75) is 38.5 Å². The van der Waals surface area contributed by atoms with Gasteiger partial charge in [-0.05, 0) is 11.6 Å². The molecule has 1 aromatic rings. The van der Waals surface area contributed by atoms with Crippen LogP contribution in [0.1, 0.15) is 30.6 Å². The molecule has 0 amide bonds. The Morgan fingerprint density at radius 1 is 1.39 bits per heavy atom. The lowest BCUT2D eigenvalue weighted by Gasteiger charge is -2.18. The molecule has 2 heterocycles. The third-order valence-corrected chi connectivity index (χ3v) is 3.84. The molecule has 154 valence electrons. The maximum Gasteiger partial charge on any atom is 0.303 e. The van der Waals surface area contributed by atoms with E-state index in [0.717, 1.165) is 13.3 Å². The van der Waals surface area contributed by atoms with Crippen molar-refractivity contribution < 1.29 is 33.0 Å². The van der Waals surface area contributed by atoms with E-state index in [1.54, 1.807) is 19.0 Å². The van der Waals surface area contributed by atoms with Crippen molar-refractivity contribution >= 4 is 40.9 Å². The predicted octanol–water partition coefficient (Wildman–Crippen LogP) is 1.21. The van der Waals surface area contributed by atoms with E-state index in [4.69, 9.17) is 25.8 Å². The zero-order valence-electron chi connectivity index (χ0n) is 15.7. The normalized spacial score (nSPS) is 24.4. The summed E-state index contributed by atoms with van der Waals surface area (Å²) < 4.78 is 31.8. The average molecular weight is 419 g/mol. The van der Waals surface area contributed by atoms with Gasteiger partial charge in [0.05, 0.1) is 12.7 Å². The van der Waals surface area contributed by atoms with Crippen molar-refractivity contribution in [3.63, 3.8) is 0 Å². The van der Waals surface area contributed by atoms with Gasteiger partial charge < -0.3 is 19.1 Å². The topological polar surface area (TPSA) is 112 Å². The zero-order valence-corrected chi connectivity index (χ0v) is 16.4. The molecule has 2 rings (SSSR count). The summed E-state index contributed by atoms with van der Waals surface area (Å²) in [7, 11) is 3.39. The second kappa shape index (κ2) is 9.11. The second-order valence-corrected chi connectivity index (χ2v) is 6.54. The smallest absolute Gasteiger partial charge is 0.303 e. The quantitative estimate of drug-likeness (QED) is 0.281. The molecule has 0 saturated carbocycles. The summed E-state index contributed by atoms with van der Waals surface area (Å²) in [6.45, 7) is 1.98. The van der Waals surface area contributed by atoms with E-state index in [-0.39, 0.29) is 18.1 Å². The summed E-state index contributed by atoms with van der Waals surface area (Å²) >= 11 is 5.53. The van der Waals surface area contributed by atoms with E-state index < -0.39 is 41.8 Å². The number of rotatable bonds is 7. The molecule has 4 atom stereocenters. The summed E-state index contributed by atoms with van der Waals surface area (Å²) in [6.07, 6.45) is -3.05. The number of imidazole rings is 1. The van der Waals surface area contributed by atoms with Crippen molar-refractivity contribution in [3.05, 3.63) is 12.0 Å². The molecular weight excluding hydrogens is 399 g/mol. The largest absolute Gasteiger partial charge is 0.463 e. The molecule has 0 N–H and O–H groups in total. The minimum absolute atomic E-state index is 0.0314. The number of carbonyl (C=O) groups is 3. The predicted molar refractivity (Wildman–Crippen MR) is 95.2 cm³/mol. The highest BCUT2D eigenvalue weighted by atomic mass is 35.5. The summed E-state index contributed by atoms with van der Waals surface area (Å²) in [6, 6.07) is 0. The van der Waals surface area contributed by atoms with E-state index in [9.17, 15) is 14.4 Å². The Balaban J connectivity index is 2.39. The fourth-order valence-electron chi connectivity index (χ4n) is 2.56. The lowest BCUT2D eigenvalue weighted by Crippen LogP contribution is -2.36. The highest BCUT2D eigenvalue weighted by Crippen LogP contribution is 2.37. The monoisotopic (exact) mass is 418 g/mol. The molecule has 0 aliphatic carbocycles. The summed E-state index contributed by atoms with van der Waals surface area (Å²) in [4.78, 5) is 43.6. The maximum atomic E-state index is 15.1. The Morgan fingerprint density at radius 3 is 2.61 bits per heavy atom. The number of hydrogen-bond acceptors (Lipinski definition) is 8. The highest BCUT2D eigenvalue weighted by molar-refractivity contribution is 6.67.